The van der Waals surface area contributed by atoms with E-state index in [2.05, 4.69) is 10.3 Å². The molecule has 0 aromatic carbocycles. The van der Waals surface area contributed by atoms with Gasteiger partial charge in [0.2, 0.25) is 0 Å². The molecule has 1 N–H and O–H groups in total. The Hall–Kier alpha value is -2.00. The Morgan fingerprint density at radius 1 is 1.30 bits per heavy atom. The van der Waals surface area contributed by atoms with Crippen molar-refractivity contribution in [3.05, 3.63) is 29.6 Å². The van der Waals surface area contributed by atoms with Crippen molar-refractivity contribution in [1.82, 2.24) is 15.2 Å². The maximum atomic E-state index is 12.9. The van der Waals surface area contributed by atoms with Gasteiger partial charge in [0.05, 0.1) is 28.7 Å². The highest BCUT2D eigenvalue weighted by Gasteiger charge is 2.34. The number of nitrogens with zero attached hydrogens (tertiary/aromatic N) is 2. The van der Waals surface area contributed by atoms with E-state index >= 15 is 0 Å². The van der Waals surface area contributed by atoms with Gasteiger partial charge in [-0.1, -0.05) is 0 Å². The summed E-state index contributed by atoms with van der Waals surface area (Å²) >= 11 is 0. The molecule has 1 aromatic rings. The topological polar surface area (TPSA) is 106 Å². The molecule has 2 aliphatic heterocycles. The van der Waals surface area contributed by atoms with Crippen molar-refractivity contribution in [3.63, 3.8) is 0 Å². The van der Waals surface area contributed by atoms with E-state index in [-0.39, 0.29) is 41.0 Å². The van der Waals surface area contributed by atoms with Gasteiger partial charge in [0.25, 0.3) is 11.8 Å². The molecule has 0 bridgehead atoms. The summed E-state index contributed by atoms with van der Waals surface area (Å²) in [6.45, 7) is 3.36. The van der Waals surface area contributed by atoms with Crippen LogP contribution >= 0.6 is 0 Å². The van der Waals surface area contributed by atoms with Gasteiger partial charge in [-0.05, 0) is 32.3 Å². The van der Waals surface area contributed by atoms with Crippen LogP contribution in [-0.4, -0.2) is 73.5 Å². The minimum absolute atomic E-state index is 0.0123. The van der Waals surface area contributed by atoms with E-state index in [9.17, 15) is 18.0 Å². The number of aromatic nitrogens is 1. The molecular weight excluding hydrogens is 370 g/mol. The Kier molecular flexibility index (Phi) is 6.11. The van der Waals surface area contributed by atoms with E-state index in [0.29, 0.717) is 25.1 Å². The first-order valence-electron chi connectivity index (χ1n) is 9.26. The number of hydrogen-bond acceptors (Lipinski definition) is 6. The van der Waals surface area contributed by atoms with Crippen LogP contribution in [0, 0.1) is 0 Å². The minimum atomic E-state index is -3.09. The smallest absolute Gasteiger partial charge is 0.255 e. The first-order valence-corrected chi connectivity index (χ1v) is 11.1. The first-order chi connectivity index (χ1) is 12.9. The molecule has 2 unspecified atom stereocenters. The molecule has 2 atom stereocenters. The third-order valence-corrected chi connectivity index (χ3v) is 6.76. The molecule has 3 rings (SSSR count). The van der Waals surface area contributed by atoms with E-state index in [4.69, 9.17) is 4.74 Å². The highest BCUT2D eigenvalue weighted by atomic mass is 32.2. The standard InChI is InChI=1S/C18H25N3O5S/c1-2-21(15-5-7-27(24,25)12-15)18(23)14-8-13(9-19-10-14)17(22)20-11-16-4-3-6-26-16/h8-10,15-16H,2-7,11-12H2,1H3,(H,20,22). The molecule has 0 aliphatic carbocycles. The Balaban J connectivity index is 1.67. The summed E-state index contributed by atoms with van der Waals surface area (Å²) in [7, 11) is -3.09. The number of amides is 2. The zero-order valence-electron chi connectivity index (χ0n) is 15.4. The van der Waals surface area contributed by atoms with Crippen LogP contribution in [0.4, 0.5) is 0 Å². The maximum Gasteiger partial charge on any atom is 0.255 e. The Morgan fingerprint density at radius 2 is 2.07 bits per heavy atom. The summed E-state index contributed by atoms with van der Waals surface area (Å²) in [6, 6.07) is 1.18. The zero-order valence-corrected chi connectivity index (χ0v) is 16.2. The third-order valence-electron chi connectivity index (χ3n) is 5.01. The predicted octanol–water partition coefficient (Wildman–Crippen LogP) is 0.640. The number of carbonyl (C=O) groups is 2. The average molecular weight is 395 g/mol. The lowest BCUT2D eigenvalue weighted by Gasteiger charge is -2.26. The summed E-state index contributed by atoms with van der Waals surface area (Å²) in [4.78, 5) is 30.8. The van der Waals surface area contributed by atoms with Crippen LogP contribution < -0.4 is 5.32 Å². The molecule has 27 heavy (non-hydrogen) atoms. The molecule has 3 heterocycles. The monoisotopic (exact) mass is 395 g/mol. The Bertz CT molecular complexity index is 805. The van der Waals surface area contributed by atoms with E-state index in [0.717, 1.165) is 19.4 Å². The summed E-state index contributed by atoms with van der Waals surface area (Å²) < 4.78 is 28.9. The second kappa shape index (κ2) is 8.35. The van der Waals surface area contributed by atoms with Gasteiger partial charge in [-0.3, -0.25) is 14.6 Å². The van der Waals surface area contributed by atoms with Crippen molar-refractivity contribution in [2.75, 3.05) is 31.2 Å². The summed E-state index contributed by atoms with van der Waals surface area (Å²) in [5.41, 5.74) is 0.583. The molecule has 2 amide bonds. The lowest BCUT2D eigenvalue weighted by molar-refractivity contribution is 0.0708. The van der Waals surface area contributed by atoms with Crippen LogP contribution in [0.1, 0.15) is 46.9 Å². The minimum Gasteiger partial charge on any atom is -0.376 e. The second-order valence-corrected chi connectivity index (χ2v) is 9.18. The fourth-order valence-corrected chi connectivity index (χ4v) is 5.28. The fourth-order valence-electron chi connectivity index (χ4n) is 3.55. The van der Waals surface area contributed by atoms with Crippen molar-refractivity contribution >= 4 is 21.7 Å². The quantitative estimate of drug-likeness (QED) is 0.758. The molecule has 8 nitrogen and oxygen atoms in total. The molecule has 0 radical (unpaired) electrons. The van der Waals surface area contributed by atoms with E-state index in [1.165, 1.54) is 18.5 Å². The van der Waals surface area contributed by atoms with E-state index < -0.39 is 9.84 Å². The summed E-state index contributed by atoms with van der Waals surface area (Å²) in [5.74, 6) is -0.521. The summed E-state index contributed by atoms with van der Waals surface area (Å²) in [6.07, 6.45) is 5.22. The molecule has 9 heteroatoms. The van der Waals surface area contributed by atoms with Gasteiger partial charge in [-0.2, -0.15) is 0 Å². The Morgan fingerprint density at radius 3 is 2.70 bits per heavy atom. The SMILES string of the molecule is CCN(C(=O)c1cncc(C(=O)NCC2CCCO2)c1)C1CCS(=O)(=O)C1. The van der Waals surface area contributed by atoms with Crippen molar-refractivity contribution in [1.29, 1.82) is 0 Å². The zero-order chi connectivity index (χ0) is 19.4. The Labute approximate surface area is 159 Å². The van der Waals surface area contributed by atoms with Gasteiger partial charge in [-0.25, -0.2) is 8.42 Å². The highest BCUT2D eigenvalue weighted by molar-refractivity contribution is 7.91. The number of sulfone groups is 1. The molecule has 148 valence electrons. The van der Waals surface area contributed by atoms with Crippen LogP contribution in [0.2, 0.25) is 0 Å². The number of hydrogen-bond donors (Lipinski definition) is 1. The molecule has 0 saturated carbocycles. The lowest BCUT2D eigenvalue weighted by atomic mass is 10.1. The molecule has 2 saturated heterocycles. The molecule has 2 fully saturated rings. The van der Waals surface area contributed by atoms with E-state index in [1.807, 2.05) is 6.92 Å². The molecule has 0 spiro atoms. The van der Waals surface area contributed by atoms with Crippen molar-refractivity contribution in [3.8, 4) is 0 Å². The van der Waals surface area contributed by atoms with Crippen molar-refractivity contribution < 1.29 is 22.7 Å². The van der Waals surface area contributed by atoms with Crippen LogP contribution in [0.25, 0.3) is 0 Å². The number of nitrogens with one attached hydrogen (secondary N) is 1. The number of carbonyl (C=O) groups excluding carboxylic acids is 2. The lowest BCUT2D eigenvalue weighted by Crippen LogP contribution is -2.41. The largest absolute Gasteiger partial charge is 0.376 e. The molecular formula is C18H25N3O5S. The predicted molar refractivity (Wildman–Crippen MR) is 99.3 cm³/mol. The van der Waals surface area contributed by atoms with E-state index in [1.54, 1.807) is 4.90 Å². The van der Waals surface area contributed by atoms with Gasteiger partial charge in [-0.15, -0.1) is 0 Å². The van der Waals surface area contributed by atoms with Crippen LogP contribution in [0.15, 0.2) is 18.5 Å². The fraction of sp³-hybridized carbons (Fsp3) is 0.611. The first kappa shape index (κ1) is 19.8. The number of rotatable bonds is 6. The van der Waals surface area contributed by atoms with Gasteiger partial charge < -0.3 is 15.0 Å². The molecule has 1 aromatic heterocycles. The van der Waals surface area contributed by atoms with Gasteiger partial charge >= 0.3 is 0 Å². The maximum absolute atomic E-state index is 12.9. The molecule has 2 aliphatic rings. The van der Waals surface area contributed by atoms with Crippen LogP contribution in [-0.2, 0) is 14.6 Å². The number of ether oxygens (including phenoxy) is 1. The van der Waals surface area contributed by atoms with Crippen molar-refractivity contribution in [2.24, 2.45) is 0 Å². The summed E-state index contributed by atoms with van der Waals surface area (Å²) in [5, 5.41) is 2.81. The average Bonchev–Trinajstić information content (AvgIpc) is 3.30. The van der Waals surface area contributed by atoms with Gasteiger partial charge in [0, 0.05) is 38.1 Å². The normalized spacial score (nSPS) is 23.9. The van der Waals surface area contributed by atoms with Gasteiger partial charge in [0.1, 0.15) is 0 Å². The third kappa shape index (κ3) is 4.84. The van der Waals surface area contributed by atoms with Crippen LogP contribution in [0.5, 0.6) is 0 Å². The second-order valence-electron chi connectivity index (χ2n) is 6.96. The van der Waals surface area contributed by atoms with Crippen LogP contribution in [0.3, 0.4) is 0 Å². The highest BCUT2D eigenvalue weighted by Crippen LogP contribution is 2.20. The van der Waals surface area contributed by atoms with Gasteiger partial charge in [0.15, 0.2) is 9.84 Å². The number of pyridine rings is 1. The van der Waals surface area contributed by atoms with Crippen molar-refractivity contribution in [2.45, 2.75) is 38.3 Å².